The minimum Gasteiger partial charge on any atom is -0.378 e. The van der Waals surface area contributed by atoms with Crippen molar-refractivity contribution < 1.29 is 13.2 Å². The fourth-order valence-corrected chi connectivity index (χ4v) is 4.28. The molecule has 6 nitrogen and oxygen atoms in total. The van der Waals surface area contributed by atoms with Gasteiger partial charge >= 0.3 is 0 Å². The van der Waals surface area contributed by atoms with Gasteiger partial charge in [-0.3, -0.25) is 0 Å². The molecule has 1 aromatic carbocycles. The van der Waals surface area contributed by atoms with E-state index >= 15 is 0 Å². The first-order valence-electron chi connectivity index (χ1n) is 8.26. The van der Waals surface area contributed by atoms with Gasteiger partial charge in [-0.05, 0) is 19.1 Å². The Morgan fingerprint density at radius 2 is 1.43 bits per heavy atom. The molecule has 0 aliphatic carbocycles. The highest BCUT2D eigenvalue weighted by atomic mass is 32.2. The number of piperazine rings is 1. The molecule has 0 saturated carbocycles. The number of hydrogen-bond acceptors (Lipinski definition) is 5. The molecule has 0 radical (unpaired) electrons. The molecule has 0 spiro atoms. The molecule has 7 heteroatoms. The second-order valence-electron chi connectivity index (χ2n) is 5.87. The predicted octanol–water partition coefficient (Wildman–Crippen LogP) is 0.995. The Bertz CT molecular complexity index is 621. The zero-order valence-electron chi connectivity index (χ0n) is 13.6. The van der Waals surface area contributed by atoms with Crippen LogP contribution in [0.2, 0.25) is 0 Å². The first-order chi connectivity index (χ1) is 11.1. The fourth-order valence-electron chi connectivity index (χ4n) is 3.19. The normalized spacial score (nSPS) is 20.7. The molecule has 0 aromatic heterocycles. The molecule has 0 unspecified atom stereocenters. The van der Waals surface area contributed by atoms with Crippen LogP contribution in [0.1, 0.15) is 6.92 Å². The first kappa shape index (κ1) is 16.5. The molecular formula is C16H25N3O3S. The summed E-state index contributed by atoms with van der Waals surface area (Å²) in [5.41, 5.74) is 2.42. The minimum atomic E-state index is -3.08. The van der Waals surface area contributed by atoms with Crippen LogP contribution in [0.4, 0.5) is 11.4 Å². The third-order valence-electron chi connectivity index (χ3n) is 4.57. The number of nitrogens with zero attached hydrogens (tertiary/aromatic N) is 3. The van der Waals surface area contributed by atoms with Crippen molar-refractivity contribution in [2.75, 3.05) is 68.0 Å². The largest absolute Gasteiger partial charge is 0.378 e. The number of anilines is 2. The topological polar surface area (TPSA) is 53.1 Å². The van der Waals surface area contributed by atoms with Crippen LogP contribution >= 0.6 is 0 Å². The molecule has 1 aromatic rings. The van der Waals surface area contributed by atoms with Gasteiger partial charge in [0, 0.05) is 39.3 Å². The van der Waals surface area contributed by atoms with Crippen LogP contribution in [-0.2, 0) is 14.8 Å². The van der Waals surface area contributed by atoms with Gasteiger partial charge in [-0.15, -0.1) is 0 Å². The Labute approximate surface area is 138 Å². The van der Waals surface area contributed by atoms with Crippen LogP contribution in [0.5, 0.6) is 0 Å². The summed E-state index contributed by atoms with van der Waals surface area (Å²) < 4.78 is 31.0. The van der Waals surface area contributed by atoms with Gasteiger partial charge in [0.2, 0.25) is 10.0 Å². The molecule has 0 N–H and O–H groups in total. The van der Waals surface area contributed by atoms with E-state index in [0.29, 0.717) is 13.1 Å². The summed E-state index contributed by atoms with van der Waals surface area (Å²) in [6.07, 6.45) is 0. The molecule has 2 aliphatic rings. The van der Waals surface area contributed by atoms with Crippen molar-refractivity contribution in [3.63, 3.8) is 0 Å². The van der Waals surface area contributed by atoms with E-state index in [2.05, 4.69) is 34.1 Å². The lowest BCUT2D eigenvalue weighted by Crippen LogP contribution is -2.49. The van der Waals surface area contributed by atoms with Crippen LogP contribution in [0.3, 0.4) is 0 Å². The molecule has 128 valence electrons. The number of morpholine rings is 1. The van der Waals surface area contributed by atoms with Crippen molar-refractivity contribution >= 4 is 21.4 Å². The van der Waals surface area contributed by atoms with Crippen LogP contribution in [-0.4, -0.2) is 71.0 Å². The van der Waals surface area contributed by atoms with Crippen molar-refractivity contribution in [3.8, 4) is 0 Å². The Morgan fingerprint density at radius 1 is 0.913 bits per heavy atom. The maximum absolute atomic E-state index is 12.0. The van der Waals surface area contributed by atoms with Crippen molar-refractivity contribution in [3.05, 3.63) is 24.3 Å². The lowest BCUT2D eigenvalue weighted by Gasteiger charge is -2.38. The van der Waals surface area contributed by atoms with Crippen LogP contribution in [0.15, 0.2) is 24.3 Å². The van der Waals surface area contributed by atoms with Gasteiger partial charge in [-0.1, -0.05) is 12.1 Å². The average molecular weight is 339 g/mol. The lowest BCUT2D eigenvalue weighted by molar-refractivity contribution is 0.122. The van der Waals surface area contributed by atoms with Gasteiger partial charge in [0.15, 0.2) is 0 Å². The maximum atomic E-state index is 12.0. The molecular weight excluding hydrogens is 314 g/mol. The first-order valence-corrected chi connectivity index (χ1v) is 9.87. The quantitative estimate of drug-likeness (QED) is 0.819. The van der Waals surface area contributed by atoms with Gasteiger partial charge in [0.1, 0.15) is 0 Å². The number of benzene rings is 1. The number of hydrogen-bond donors (Lipinski definition) is 0. The third-order valence-corrected chi connectivity index (χ3v) is 6.45. The van der Waals surface area contributed by atoms with E-state index in [9.17, 15) is 8.42 Å². The van der Waals surface area contributed by atoms with Crippen LogP contribution in [0, 0.1) is 0 Å². The second-order valence-corrected chi connectivity index (χ2v) is 8.13. The Balaban J connectivity index is 1.73. The molecule has 3 rings (SSSR count). The SMILES string of the molecule is CCS(=O)(=O)N1CCN(c2ccccc2N2CCOCC2)CC1. The van der Waals surface area contributed by atoms with E-state index in [-0.39, 0.29) is 5.75 Å². The van der Waals surface area contributed by atoms with Gasteiger partial charge in [-0.25, -0.2) is 8.42 Å². The highest BCUT2D eigenvalue weighted by Crippen LogP contribution is 2.30. The summed E-state index contributed by atoms with van der Waals surface area (Å²) in [5.74, 6) is 0.178. The van der Waals surface area contributed by atoms with Gasteiger partial charge in [0.25, 0.3) is 0 Å². The van der Waals surface area contributed by atoms with Crippen molar-refractivity contribution in [2.45, 2.75) is 6.92 Å². The summed E-state index contributed by atoms with van der Waals surface area (Å²) in [4.78, 5) is 4.65. The van der Waals surface area contributed by atoms with E-state index < -0.39 is 10.0 Å². The summed E-state index contributed by atoms with van der Waals surface area (Å²) in [7, 11) is -3.08. The van der Waals surface area contributed by atoms with Gasteiger partial charge in [-0.2, -0.15) is 4.31 Å². The van der Waals surface area contributed by atoms with E-state index in [4.69, 9.17) is 4.74 Å². The highest BCUT2D eigenvalue weighted by molar-refractivity contribution is 7.89. The van der Waals surface area contributed by atoms with E-state index in [1.54, 1.807) is 11.2 Å². The monoisotopic (exact) mass is 339 g/mol. The summed E-state index contributed by atoms with van der Waals surface area (Å²) in [5, 5.41) is 0. The van der Waals surface area contributed by atoms with Gasteiger partial charge < -0.3 is 14.5 Å². The van der Waals surface area contributed by atoms with Crippen molar-refractivity contribution in [1.29, 1.82) is 0 Å². The molecule has 23 heavy (non-hydrogen) atoms. The molecule has 2 fully saturated rings. The fraction of sp³-hybridized carbons (Fsp3) is 0.625. The van der Waals surface area contributed by atoms with Crippen LogP contribution in [0.25, 0.3) is 0 Å². The Hall–Kier alpha value is -1.31. The molecule has 2 heterocycles. The van der Waals surface area contributed by atoms with E-state index in [0.717, 1.165) is 39.4 Å². The zero-order valence-corrected chi connectivity index (χ0v) is 14.5. The second kappa shape index (κ2) is 7.07. The molecule has 0 amide bonds. The molecule has 2 saturated heterocycles. The maximum Gasteiger partial charge on any atom is 0.213 e. The summed E-state index contributed by atoms with van der Waals surface area (Å²) >= 11 is 0. The lowest BCUT2D eigenvalue weighted by atomic mass is 10.2. The highest BCUT2D eigenvalue weighted by Gasteiger charge is 2.27. The third kappa shape index (κ3) is 3.62. The number of rotatable bonds is 4. The molecule has 2 aliphatic heterocycles. The Morgan fingerprint density at radius 3 is 1.96 bits per heavy atom. The average Bonchev–Trinajstić information content (AvgIpc) is 2.62. The summed E-state index contributed by atoms with van der Waals surface area (Å²) in [6.45, 7) is 7.63. The number of ether oxygens (including phenoxy) is 1. The van der Waals surface area contributed by atoms with Crippen molar-refractivity contribution in [2.24, 2.45) is 0 Å². The van der Waals surface area contributed by atoms with Gasteiger partial charge in [0.05, 0.1) is 30.3 Å². The van der Waals surface area contributed by atoms with Crippen molar-refractivity contribution in [1.82, 2.24) is 4.31 Å². The standard InChI is InChI=1S/C16H25N3O3S/c1-2-23(20,21)19-9-7-17(8-10-19)15-5-3-4-6-16(15)18-11-13-22-14-12-18/h3-6H,2,7-14H2,1H3. The Kier molecular flexibility index (Phi) is 5.08. The van der Waals surface area contributed by atoms with Crippen LogP contribution < -0.4 is 9.80 Å². The summed E-state index contributed by atoms with van der Waals surface area (Å²) in [6, 6.07) is 8.39. The van der Waals surface area contributed by atoms with E-state index in [1.165, 1.54) is 11.4 Å². The number of para-hydroxylation sites is 2. The van der Waals surface area contributed by atoms with E-state index in [1.807, 2.05) is 0 Å². The number of sulfonamides is 1. The predicted molar refractivity (Wildman–Crippen MR) is 92.7 cm³/mol. The zero-order chi connectivity index (χ0) is 16.3. The molecule has 0 bridgehead atoms. The smallest absolute Gasteiger partial charge is 0.213 e. The minimum absolute atomic E-state index is 0.178. The molecule has 0 atom stereocenters.